The molecule has 1 atom stereocenters. The maximum Gasteiger partial charge on any atom is 0.0410 e. The topological polar surface area (TPSA) is 24.9 Å². The number of pyridine rings is 1. The van der Waals surface area contributed by atoms with Crippen molar-refractivity contribution in [3.63, 3.8) is 0 Å². The first-order valence-electron chi connectivity index (χ1n) is 6.13. The Morgan fingerprint density at radius 1 is 1.32 bits per heavy atom. The Morgan fingerprint density at radius 3 is 2.79 bits per heavy atom. The summed E-state index contributed by atoms with van der Waals surface area (Å²) in [6.45, 7) is 2.11. The SMILES string of the molecule is CNC(Cc1cncc(Br)c1)c1cc(Cl)ccc1C. The van der Waals surface area contributed by atoms with Gasteiger partial charge in [-0.3, -0.25) is 4.98 Å². The lowest BCUT2D eigenvalue weighted by atomic mass is 9.96. The van der Waals surface area contributed by atoms with Gasteiger partial charge in [0, 0.05) is 27.9 Å². The predicted molar refractivity (Wildman–Crippen MR) is 83.6 cm³/mol. The van der Waals surface area contributed by atoms with Crippen LogP contribution in [-0.2, 0) is 6.42 Å². The van der Waals surface area contributed by atoms with Crippen molar-refractivity contribution in [3.05, 3.63) is 62.8 Å². The van der Waals surface area contributed by atoms with E-state index in [9.17, 15) is 0 Å². The van der Waals surface area contributed by atoms with Crippen molar-refractivity contribution in [2.24, 2.45) is 0 Å². The molecule has 0 saturated heterocycles. The molecule has 2 nitrogen and oxygen atoms in total. The lowest BCUT2D eigenvalue weighted by molar-refractivity contribution is 0.588. The second-order valence-corrected chi connectivity index (χ2v) is 5.91. The van der Waals surface area contributed by atoms with Crippen molar-refractivity contribution >= 4 is 27.5 Å². The third-order valence-electron chi connectivity index (χ3n) is 3.17. The molecule has 0 aliphatic carbocycles. The molecule has 2 rings (SSSR count). The van der Waals surface area contributed by atoms with Crippen LogP contribution < -0.4 is 5.32 Å². The normalized spacial score (nSPS) is 12.4. The smallest absolute Gasteiger partial charge is 0.0410 e. The lowest BCUT2D eigenvalue weighted by Gasteiger charge is -2.19. The maximum atomic E-state index is 6.10. The van der Waals surface area contributed by atoms with Crippen molar-refractivity contribution in [3.8, 4) is 0 Å². The van der Waals surface area contributed by atoms with Crippen molar-refractivity contribution in [2.45, 2.75) is 19.4 Å². The third kappa shape index (κ3) is 3.78. The molecule has 4 heteroatoms. The second kappa shape index (κ2) is 6.51. The zero-order valence-corrected chi connectivity index (χ0v) is 13.3. The first kappa shape index (κ1) is 14.5. The number of rotatable bonds is 4. The van der Waals surface area contributed by atoms with Gasteiger partial charge in [-0.1, -0.05) is 17.7 Å². The molecule has 0 amide bonds. The average molecular weight is 340 g/mol. The highest BCUT2D eigenvalue weighted by molar-refractivity contribution is 9.10. The molecular formula is C15H16BrClN2. The molecule has 1 N–H and O–H groups in total. The molecule has 100 valence electrons. The van der Waals surface area contributed by atoms with E-state index in [2.05, 4.69) is 45.3 Å². The van der Waals surface area contributed by atoms with E-state index in [1.165, 1.54) is 16.7 Å². The standard InChI is InChI=1S/C15H16BrClN2/c1-10-3-4-13(17)7-14(10)15(18-2)6-11-5-12(16)9-19-8-11/h3-5,7-9,15,18H,6H2,1-2H3. The van der Waals surface area contributed by atoms with Crippen LogP contribution in [0.5, 0.6) is 0 Å². The zero-order chi connectivity index (χ0) is 13.8. The quantitative estimate of drug-likeness (QED) is 0.898. The number of aromatic nitrogens is 1. The number of likely N-dealkylation sites (N-methyl/N-ethyl adjacent to an activating group) is 1. The molecule has 1 aromatic carbocycles. The highest BCUT2D eigenvalue weighted by atomic mass is 79.9. The highest BCUT2D eigenvalue weighted by Gasteiger charge is 2.13. The Balaban J connectivity index is 2.27. The summed E-state index contributed by atoms with van der Waals surface area (Å²) in [4.78, 5) is 4.20. The zero-order valence-electron chi connectivity index (χ0n) is 11.0. The van der Waals surface area contributed by atoms with E-state index in [4.69, 9.17) is 11.6 Å². The third-order valence-corrected chi connectivity index (χ3v) is 3.84. The predicted octanol–water partition coefficient (Wildman–Crippen LogP) is 4.31. The van der Waals surface area contributed by atoms with Gasteiger partial charge in [-0.25, -0.2) is 0 Å². The van der Waals surface area contributed by atoms with Crippen LogP contribution in [-0.4, -0.2) is 12.0 Å². The van der Waals surface area contributed by atoms with Crippen LogP contribution in [0.1, 0.15) is 22.7 Å². The molecule has 1 heterocycles. The monoisotopic (exact) mass is 338 g/mol. The minimum absolute atomic E-state index is 0.231. The largest absolute Gasteiger partial charge is 0.313 e. The second-order valence-electron chi connectivity index (χ2n) is 4.56. The van der Waals surface area contributed by atoms with Gasteiger partial charge in [-0.15, -0.1) is 0 Å². The van der Waals surface area contributed by atoms with Crippen molar-refractivity contribution in [2.75, 3.05) is 7.05 Å². The van der Waals surface area contributed by atoms with Gasteiger partial charge in [0.15, 0.2) is 0 Å². The molecule has 0 spiro atoms. The Labute approximate surface area is 127 Å². The summed E-state index contributed by atoms with van der Waals surface area (Å²) in [5, 5.41) is 4.12. The van der Waals surface area contributed by atoms with E-state index in [-0.39, 0.29) is 6.04 Å². The van der Waals surface area contributed by atoms with Gasteiger partial charge in [-0.05, 0) is 71.2 Å². The Kier molecular flexibility index (Phi) is 4.97. The Morgan fingerprint density at radius 2 is 2.11 bits per heavy atom. The minimum Gasteiger partial charge on any atom is -0.313 e. The number of halogens is 2. The number of hydrogen-bond acceptors (Lipinski definition) is 2. The minimum atomic E-state index is 0.231. The van der Waals surface area contributed by atoms with Crippen LogP contribution in [0.3, 0.4) is 0 Å². The van der Waals surface area contributed by atoms with Crippen LogP contribution in [0, 0.1) is 6.92 Å². The number of nitrogens with one attached hydrogen (secondary N) is 1. The number of benzene rings is 1. The van der Waals surface area contributed by atoms with Gasteiger partial charge in [0.1, 0.15) is 0 Å². The van der Waals surface area contributed by atoms with E-state index >= 15 is 0 Å². The molecule has 19 heavy (non-hydrogen) atoms. The van der Waals surface area contributed by atoms with Gasteiger partial charge in [0.2, 0.25) is 0 Å². The molecule has 0 fully saturated rings. The van der Waals surface area contributed by atoms with E-state index in [0.717, 1.165) is 15.9 Å². The van der Waals surface area contributed by atoms with E-state index in [0.29, 0.717) is 0 Å². The Bertz CT molecular complexity index is 572. The van der Waals surface area contributed by atoms with E-state index in [1.807, 2.05) is 25.4 Å². The van der Waals surface area contributed by atoms with Gasteiger partial charge in [0.05, 0.1) is 0 Å². The van der Waals surface area contributed by atoms with Crippen LogP contribution in [0.2, 0.25) is 5.02 Å². The number of hydrogen-bond donors (Lipinski definition) is 1. The van der Waals surface area contributed by atoms with Crippen molar-refractivity contribution in [1.82, 2.24) is 10.3 Å². The molecule has 0 aliphatic heterocycles. The van der Waals surface area contributed by atoms with Gasteiger partial charge in [0.25, 0.3) is 0 Å². The molecule has 0 bridgehead atoms. The van der Waals surface area contributed by atoms with E-state index < -0.39 is 0 Å². The van der Waals surface area contributed by atoms with Gasteiger partial charge < -0.3 is 5.32 Å². The summed E-state index contributed by atoms with van der Waals surface area (Å²) < 4.78 is 1.00. The van der Waals surface area contributed by atoms with Gasteiger partial charge >= 0.3 is 0 Å². The summed E-state index contributed by atoms with van der Waals surface area (Å²) in [7, 11) is 1.97. The summed E-state index contributed by atoms with van der Waals surface area (Å²) >= 11 is 9.55. The van der Waals surface area contributed by atoms with Crippen LogP contribution in [0.25, 0.3) is 0 Å². The lowest BCUT2D eigenvalue weighted by Crippen LogP contribution is -2.20. The first-order valence-corrected chi connectivity index (χ1v) is 7.30. The maximum absolute atomic E-state index is 6.10. The van der Waals surface area contributed by atoms with Crippen molar-refractivity contribution in [1.29, 1.82) is 0 Å². The summed E-state index contributed by atoms with van der Waals surface area (Å²) in [5.41, 5.74) is 3.66. The molecule has 0 radical (unpaired) electrons. The fourth-order valence-corrected chi connectivity index (χ4v) is 2.75. The average Bonchev–Trinajstić information content (AvgIpc) is 2.39. The van der Waals surface area contributed by atoms with Crippen LogP contribution >= 0.6 is 27.5 Å². The number of nitrogens with zero attached hydrogens (tertiary/aromatic N) is 1. The Hall–Kier alpha value is -0.900. The summed E-state index contributed by atoms with van der Waals surface area (Å²) in [6, 6.07) is 8.34. The van der Waals surface area contributed by atoms with Crippen LogP contribution in [0.15, 0.2) is 41.1 Å². The van der Waals surface area contributed by atoms with Gasteiger partial charge in [-0.2, -0.15) is 0 Å². The molecule has 1 unspecified atom stereocenters. The van der Waals surface area contributed by atoms with E-state index in [1.54, 1.807) is 6.20 Å². The highest BCUT2D eigenvalue weighted by Crippen LogP contribution is 2.25. The summed E-state index contributed by atoms with van der Waals surface area (Å²) in [5.74, 6) is 0. The number of aryl methyl sites for hydroxylation is 1. The molecular weight excluding hydrogens is 324 g/mol. The fraction of sp³-hybridized carbons (Fsp3) is 0.267. The molecule has 1 aromatic heterocycles. The fourth-order valence-electron chi connectivity index (χ4n) is 2.16. The van der Waals surface area contributed by atoms with Crippen LogP contribution in [0.4, 0.5) is 0 Å². The summed E-state index contributed by atoms with van der Waals surface area (Å²) in [6.07, 6.45) is 4.57. The van der Waals surface area contributed by atoms with Crippen molar-refractivity contribution < 1.29 is 0 Å². The molecule has 2 aromatic rings. The molecule has 0 aliphatic rings. The first-order chi connectivity index (χ1) is 9.10. The molecule has 0 saturated carbocycles.